The van der Waals surface area contributed by atoms with Crippen molar-refractivity contribution in [3.63, 3.8) is 0 Å². The topological polar surface area (TPSA) is 348 Å². The molecule has 12 N–H and O–H groups in total. The van der Waals surface area contributed by atoms with Crippen LogP contribution >= 0.6 is 0 Å². The molecular formula is C18H30BNO18. The van der Waals surface area contributed by atoms with Gasteiger partial charge in [-0.2, -0.15) is 0 Å². The molecule has 0 saturated carbocycles. The zero-order valence-electron chi connectivity index (χ0n) is 19.5. The van der Waals surface area contributed by atoms with E-state index in [2.05, 4.69) is 0 Å². The van der Waals surface area contributed by atoms with Crippen LogP contribution in [0.5, 0.6) is 0 Å². The Labute approximate surface area is 214 Å². The molecule has 19 nitrogen and oxygen atoms in total. The van der Waals surface area contributed by atoms with E-state index >= 15 is 0 Å². The summed E-state index contributed by atoms with van der Waals surface area (Å²) in [5.41, 5.74) is 0. The Balaban J connectivity index is -0.000000122. The molecule has 0 heterocycles. The average Bonchev–Trinajstić information content (AvgIpc) is 2.76. The molecule has 0 bridgehead atoms. The lowest BCUT2D eigenvalue weighted by molar-refractivity contribution is -0.134. The van der Waals surface area contributed by atoms with Gasteiger partial charge in [-0.25, -0.2) is 28.8 Å². The van der Waals surface area contributed by atoms with E-state index in [1.807, 2.05) is 0 Å². The second-order valence-corrected chi connectivity index (χ2v) is 5.39. The van der Waals surface area contributed by atoms with Gasteiger partial charge in [-0.05, 0) is 0 Å². The first-order valence-corrected chi connectivity index (χ1v) is 9.47. The Kier molecular flexibility index (Phi) is 37.9. The van der Waals surface area contributed by atoms with Crippen LogP contribution in [0, 0.1) is 0 Å². The van der Waals surface area contributed by atoms with Crippen LogP contribution in [0.4, 0.5) is 0 Å². The summed E-state index contributed by atoms with van der Waals surface area (Å²) in [6, 6.07) is 0. The maximum Gasteiger partial charge on any atom is 0.631 e. The van der Waals surface area contributed by atoms with Gasteiger partial charge in [0.2, 0.25) is 0 Å². The summed E-state index contributed by atoms with van der Waals surface area (Å²) < 4.78 is 0. The fraction of sp³-hybridized carbons (Fsp3) is 0.333. The van der Waals surface area contributed by atoms with Crippen molar-refractivity contribution in [3.05, 3.63) is 36.5 Å². The highest BCUT2D eigenvalue weighted by atomic mass is 16.5. The van der Waals surface area contributed by atoms with Crippen LogP contribution in [0.3, 0.4) is 0 Å². The van der Waals surface area contributed by atoms with Crippen LogP contribution < -0.4 is 0 Å². The van der Waals surface area contributed by atoms with Crippen LogP contribution in [-0.4, -0.2) is 149 Å². The van der Waals surface area contributed by atoms with Crippen molar-refractivity contribution in [1.29, 1.82) is 0 Å². The molecule has 0 spiro atoms. The summed E-state index contributed by atoms with van der Waals surface area (Å²) in [5, 5.41) is 93.8. The highest BCUT2D eigenvalue weighted by molar-refractivity contribution is 6.30. The smallest absolute Gasteiger partial charge is 0.478 e. The van der Waals surface area contributed by atoms with Gasteiger partial charge in [-0.3, -0.25) is 4.90 Å². The minimum absolute atomic E-state index is 0.0694. The van der Waals surface area contributed by atoms with Crippen LogP contribution in [-0.2, 0) is 28.8 Å². The Bertz CT molecular complexity index is 619. The van der Waals surface area contributed by atoms with E-state index in [0.29, 0.717) is 56.1 Å². The van der Waals surface area contributed by atoms with Crippen molar-refractivity contribution in [2.45, 2.75) is 0 Å². The predicted molar refractivity (Wildman–Crippen MR) is 123 cm³/mol. The van der Waals surface area contributed by atoms with Crippen molar-refractivity contribution >= 4 is 43.1 Å². The fourth-order valence-corrected chi connectivity index (χ4v) is 1.19. The number of aliphatic hydroxyl groups excluding tert-OH is 3. The highest BCUT2D eigenvalue weighted by Crippen LogP contribution is 1.84. The molecule has 0 radical (unpaired) electrons. The second-order valence-electron chi connectivity index (χ2n) is 5.39. The summed E-state index contributed by atoms with van der Waals surface area (Å²) in [5.74, 6) is -7.54. The number of rotatable bonds is 12. The number of carbonyl (C=O) groups is 6. The number of aliphatic hydroxyl groups is 3. The summed E-state index contributed by atoms with van der Waals surface area (Å²) in [4.78, 5) is 59.1. The maximum absolute atomic E-state index is 9.55. The average molecular weight is 559 g/mol. The van der Waals surface area contributed by atoms with Crippen LogP contribution in [0.2, 0.25) is 0 Å². The molecule has 0 saturated heterocycles. The lowest BCUT2D eigenvalue weighted by Gasteiger charge is -2.17. The molecular weight excluding hydrogens is 529 g/mol. The summed E-state index contributed by atoms with van der Waals surface area (Å²) in [6.45, 7) is 1.75. The molecule has 38 heavy (non-hydrogen) atoms. The molecule has 0 aromatic rings. The maximum atomic E-state index is 9.55. The van der Waals surface area contributed by atoms with Gasteiger partial charge in [0.15, 0.2) is 0 Å². The zero-order valence-corrected chi connectivity index (χ0v) is 19.5. The monoisotopic (exact) mass is 559 g/mol. The molecule has 0 aromatic heterocycles. The normalized spacial score (nSPS) is 9.55. The van der Waals surface area contributed by atoms with E-state index in [9.17, 15) is 28.8 Å². The molecule has 20 heteroatoms. The largest absolute Gasteiger partial charge is 0.631 e. The number of hydrogen-bond donors (Lipinski definition) is 12. The first kappa shape index (κ1) is 43.9. The number of hydrogen-bond acceptors (Lipinski definition) is 13. The molecule has 0 aliphatic carbocycles. The van der Waals surface area contributed by atoms with E-state index in [4.69, 9.17) is 61.0 Å². The van der Waals surface area contributed by atoms with E-state index in [1.165, 1.54) is 0 Å². The van der Waals surface area contributed by atoms with Gasteiger partial charge < -0.3 is 61.0 Å². The lowest BCUT2D eigenvalue weighted by atomic mass is 10.3. The fourth-order valence-electron chi connectivity index (χ4n) is 1.19. The van der Waals surface area contributed by atoms with E-state index < -0.39 is 43.1 Å². The molecule has 0 unspecified atom stereocenters. The molecule has 0 aromatic carbocycles. The molecule has 0 aliphatic rings. The van der Waals surface area contributed by atoms with Gasteiger partial charge in [0, 0.05) is 56.1 Å². The summed E-state index contributed by atoms with van der Waals surface area (Å²) >= 11 is 0. The molecule has 0 rings (SSSR count). The van der Waals surface area contributed by atoms with Crippen molar-refractivity contribution < 1.29 is 89.8 Å². The number of nitrogens with zero attached hydrogens (tertiary/aromatic N) is 1. The number of carboxylic acids is 6. The van der Waals surface area contributed by atoms with Gasteiger partial charge in [0.25, 0.3) is 0 Å². The first-order valence-electron chi connectivity index (χ1n) is 9.47. The molecule has 0 fully saturated rings. The SMILES string of the molecule is O=C(O)C=CC(=O)O.O=C(O)C=CC(=O)O.O=C(O)C=CC(=O)O.OB(O)O.OCCN(CCO)CCO. The zero-order chi connectivity index (χ0) is 31.1. The van der Waals surface area contributed by atoms with Crippen molar-refractivity contribution in [1.82, 2.24) is 4.90 Å². The first-order chi connectivity index (χ1) is 17.5. The lowest BCUT2D eigenvalue weighted by Crippen LogP contribution is -2.32. The van der Waals surface area contributed by atoms with Gasteiger partial charge in [-0.1, -0.05) is 0 Å². The Hall–Kier alpha value is -4.18. The van der Waals surface area contributed by atoms with Gasteiger partial charge in [0.05, 0.1) is 19.8 Å². The summed E-state index contributed by atoms with van der Waals surface area (Å²) in [7, 11) is -2.17. The predicted octanol–water partition coefficient (Wildman–Crippen LogP) is -4.65. The Morgan fingerprint density at radius 1 is 0.447 bits per heavy atom. The third kappa shape index (κ3) is 76.9. The minimum atomic E-state index is -2.17. The Morgan fingerprint density at radius 2 is 0.579 bits per heavy atom. The van der Waals surface area contributed by atoms with E-state index in [-0.39, 0.29) is 19.8 Å². The van der Waals surface area contributed by atoms with Gasteiger partial charge in [0.1, 0.15) is 0 Å². The molecule has 0 amide bonds. The van der Waals surface area contributed by atoms with Crippen molar-refractivity contribution in [2.75, 3.05) is 39.5 Å². The molecule has 0 atom stereocenters. The van der Waals surface area contributed by atoms with Crippen LogP contribution in [0.15, 0.2) is 36.5 Å². The minimum Gasteiger partial charge on any atom is -0.478 e. The van der Waals surface area contributed by atoms with Crippen LogP contribution in [0.1, 0.15) is 0 Å². The van der Waals surface area contributed by atoms with Crippen molar-refractivity contribution in [2.24, 2.45) is 0 Å². The highest BCUT2D eigenvalue weighted by Gasteiger charge is 2.00. The molecule has 218 valence electrons. The second kappa shape index (κ2) is 32.8. The van der Waals surface area contributed by atoms with E-state index in [1.54, 1.807) is 4.90 Å². The third-order valence-corrected chi connectivity index (χ3v) is 2.35. The number of aliphatic carboxylic acids is 6. The van der Waals surface area contributed by atoms with Crippen LogP contribution in [0.25, 0.3) is 0 Å². The van der Waals surface area contributed by atoms with Crippen molar-refractivity contribution in [3.8, 4) is 0 Å². The molecule has 0 aliphatic heterocycles. The standard InChI is InChI=1S/C6H15NO3.3C4H4O4.BH3O3/c8-4-1-7(2-5-9)3-6-10;3*5-3(6)1-2-4(7)8;2-1(3)4/h8-10H,1-6H2;3*1-2H,(H,5,6)(H,7,8);2-4H. The van der Waals surface area contributed by atoms with Gasteiger partial charge in [-0.15, -0.1) is 0 Å². The van der Waals surface area contributed by atoms with E-state index in [0.717, 1.165) is 0 Å². The quantitative estimate of drug-likeness (QED) is 0.0789. The Morgan fingerprint density at radius 3 is 0.658 bits per heavy atom. The van der Waals surface area contributed by atoms with Gasteiger partial charge >= 0.3 is 43.1 Å². The summed E-state index contributed by atoms with van der Waals surface area (Å²) in [6.07, 6.45) is 3.35. The third-order valence-electron chi connectivity index (χ3n) is 2.35. The number of carboxylic acid groups (broad SMARTS) is 6.